The summed E-state index contributed by atoms with van der Waals surface area (Å²) in [5, 5.41) is 0.165. The number of ether oxygens (including phenoxy) is 3. The van der Waals surface area contributed by atoms with Crippen molar-refractivity contribution in [3.8, 4) is 0 Å². The third-order valence-corrected chi connectivity index (χ3v) is 4.06. The Morgan fingerprint density at radius 2 is 2.15 bits per heavy atom. The Kier molecular flexibility index (Phi) is 4.41. The Morgan fingerprint density at radius 1 is 1.35 bits per heavy atom. The molecule has 0 aliphatic carbocycles. The van der Waals surface area contributed by atoms with Crippen LogP contribution < -0.4 is 5.73 Å². The number of fused-ring (bicyclic) bond motifs is 1. The number of rotatable bonds is 4. The molecule has 9 nitrogen and oxygen atoms in total. The van der Waals surface area contributed by atoms with Crippen molar-refractivity contribution < 1.29 is 19.0 Å². The molecular formula is C16H14ClN5O4. The van der Waals surface area contributed by atoms with E-state index in [-0.39, 0.29) is 24.3 Å². The number of anilines is 1. The first kappa shape index (κ1) is 16.7. The molecule has 4 rings (SSSR count). The highest BCUT2D eigenvalue weighted by molar-refractivity contribution is 6.33. The number of carbonyl (C=O) groups excluding carboxylic acids is 1. The first-order chi connectivity index (χ1) is 12.6. The summed E-state index contributed by atoms with van der Waals surface area (Å²) >= 11 is 6.02. The summed E-state index contributed by atoms with van der Waals surface area (Å²) in [5.41, 5.74) is 6.96. The Morgan fingerprint density at radius 3 is 2.96 bits per heavy atom. The number of halogens is 1. The predicted molar refractivity (Wildman–Crippen MR) is 91.3 cm³/mol. The van der Waals surface area contributed by atoms with Gasteiger partial charge in [0.15, 0.2) is 23.3 Å². The van der Waals surface area contributed by atoms with Crippen molar-refractivity contribution >= 4 is 34.7 Å². The van der Waals surface area contributed by atoms with Gasteiger partial charge in [0.1, 0.15) is 12.1 Å². The zero-order chi connectivity index (χ0) is 18.1. The standard InChI is InChI=1S/C16H14ClN5O4/c17-13-12-14(21-16(18)20-13)22(8-19-12)10-6-24-11(26-10)7-25-15(23)9-4-2-1-3-5-9/h1-5,8,10-11H,6-7H2,(H2,18,20,21)/t10-,11-/m0/s1. The van der Waals surface area contributed by atoms with Crippen LogP contribution in [0.4, 0.5) is 5.95 Å². The third-order valence-electron chi connectivity index (χ3n) is 3.80. The van der Waals surface area contributed by atoms with E-state index in [9.17, 15) is 4.79 Å². The second-order valence-electron chi connectivity index (χ2n) is 5.51. The number of nitrogens with two attached hydrogens (primary N) is 1. The number of hydrogen-bond acceptors (Lipinski definition) is 8. The lowest BCUT2D eigenvalue weighted by molar-refractivity contribution is -0.102. The molecule has 0 amide bonds. The summed E-state index contributed by atoms with van der Waals surface area (Å²) in [6.45, 7) is 0.204. The van der Waals surface area contributed by atoms with E-state index in [0.29, 0.717) is 16.7 Å². The normalized spacial score (nSPS) is 19.7. The fourth-order valence-corrected chi connectivity index (χ4v) is 2.81. The van der Waals surface area contributed by atoms with Gasteiger partial charge in [-0.2, -0.15) is 9.97 Å². The zero-order valence-corrected chi connectivity index (χ0v) is 14.2. The van der Waals surface area contributed by atoms with E-state index >= 15 is 0 Å². The molecule has 1 aliphatic heterocycles. The molecule has 1 aromatic carbocycles. The molecule has 1 fully saturated rings. The second kappa shape index (κ2) is 6.87. The Labute approximate surface area is 152 Å². The lowest BCUT2D eigenvalue weighted by Gasteiger charge is -2.13. The molecule has 1 aliphatic rings. The molecule has 3 heterocycles. The van der Waals surface area contributed by atoms with Crippen LogP contribution >= 0.6 is 11.6 Å². The molecule has 26 heavy (non-hydrogen) atoms. The molecule has 0 spiro atoms. The van der Waals surface area contributed by atoms with Crippen LogP contribution in [0, 0.1) is 0 Å². The number of esters is 1. The van der Waals surface area contributed by atoms with Crippen molar-refractivity contribution in [2.75, 3.05) is 18.9 Å². The number of nitrogens with zero attached hydrogens (tertiary/aromatic N) is 4. The SMILES string of the molecule is Nc1nc(Cl)c2ncn([C@@H]3CO[C@H](COC(=O)c4ccccc4)O3)c2n1. The van der Waals surface area contributed by atoms with Crippen LogP contribution in [0.25, 0.3) is 11.2 Å². The highest BCUT2D eigenvalue weighted by atomic mass is 35.5. The van der Waals surface area contributed by atoms with E-state index in [1.54, 1.807) is 28.8 Å². The van der Waals surface area contributed by atoms with Crippen molar-refractivity contribution in [3.63, 3.8) is 0 Å². The van der Waals surface area contributed by atoms with E-state index < -0.39 is 18.5 Å². The Balaban J connectivity index is 1.42. The maximum atomic E-state index is 12.0. The van der Waals surface area contributed by atoms with E-state index in [0.717, 1.165) is 0 Å². The number of hydrogen-bond donors (Lipinski definition) is 1. The van der Waals surface area contributed by atoms with E-state index in [1.807, 2.05) is 6.07 Å². The van der Waals surface area contributed by atoms with Gasteiger partial charge in [0.05, 0.1) is 18.5 Å². The van der Waals surface area contributed by atoms with Gasteiger partial charge in [-0.15, -0.1) is 0 Å². The topological polar surface area (TPSA) is 114 Å². The number of benzene rings is 1. The van der Waals surface area contributed by atoms with Gasteiger partial charge in [0, 0.05) is 0 Å². The van der Waals surface area contributed by atoms with Crippen molar-refractivity contribution in [2.24, 2.45) is 0 Å². The van der Waals surface area contributed by atoms with Crippen LogP contribution in [-0.2, 0) is 14.2 Å². The maximum absolute atomic E-state index is 12.0. The first-order valence-electron chi connectivity index (χ1n) is 7.76. The largest absolute Gasteiger partial charge is 0.457 e. The van der Waals surface area contributed by atoms with Gasteiger partial charge in [0.2, 0.25) is 5.95 Å². The van der Waals surface area contributed by atoms with Crippen LogP contribution in [0.3, 0.4) is 0 Å². The molecule has 10 heteroatoms. The summed E-state index contributed by atoms with van der Waals surface area (Å²) in [6.07, 6.45) is 0.336. The molecule has 1 saturated heterocycles. The summed E-state index contributed by atoms with van der Waals surface area (Å²) in [4.78, 5) is 24.1. The molecule has 0 saturated carbocycles. The molecule has 2 atom stereocenters. The van der Waals surface area contributed by atoms with Crippen molar-refractivity contribution in [2.45, 2.75) is 12.5 Å². The molecular weight excluding hydrogens is 362 g/mol. The van der Waals surface area contributed by atoms with Gasteiger partial charge in [-0.3, -0.25) is 4.57 Å². The average Bonchev–Trinajstić information content (AvgIpc) is 3.27. The summed E-state index contributed by atoms with van der Waals surface area (Å²) in [6, 6.07) is 8.69. The highest BCUT2D eigenvalue weighted by Crippen LogP contribution is 2.27. The number of aromatic nitrogens is 4. The predicted octanol–water partition coefficient (Wildman–Crippen LogP) is 1.79. The average molecular weight is 376 g/mol. The van der Waals surface area contributed by atoms with Crippen molar-refractivity contribution in [3.05, 3.63) is 47.4 Å². The molecule has 0 unspecified atom stereocenters. The molecule has 0 radical (unpaired) electrons. The minimum Gasteiger partial charge on any atom is -0.457 e. The lowest BCUT2D eigenvalue weighted by atomic mass is 10.2. The number of nitrogen functional groups attached to an aromatic ring is 1. The number of imidazole rings is 1. The second-order valence-corrected chi connectivity index (χ2v) is 5.87. The number of carbonyl (C=O) groups is 1. The minimum absolute atomic E-state index is 0.0330. The summed E-state index contributed by atoms with van der Waals surface area (Å²) < 4.78 is 18.2. The molecule has 134 valence electrons. The molecule has 2 aromatic heterocycles. The third kappa shape index (κ3) is 3.19. The van der Waals surface area contributed by atoms with Crippen LogP contribution in [0.1, 0.15) is 16.6 Å². The van der Waals surface area contributed by atoms with Crippen LogP contribution in [0.15, 0.2) is 36.7 Å². The zero-order valence-electron chi connectivity index (χ0n) is 13.4. The van der Waals surface area contributed by atoms with Crippen LogP contribution in [0.2, 0.25) is 5.15 Å². The maximum Gasteiger partial charge on any atom is 0.338 e. The van der Waals surface area contributed by atoms with Crippen LogP contribution in [-0.4, -0.2) is 45.0 Å². The minimum atomic E-state index is -0.695. The summed E-state index contributed by atoms with van der Waals surface area (Å²) in [7, 11) is 0. The van der Waals surface area contributed by atoms with E-state index in [2.05, 4.69) is 15.0 Å². The van der Waals surface area contributed by atoms with Gasteiger partial charge < -0.3 is 19.9 Å². The molecule has 0 bridgehead atoms. The smallest absolute Gasteiger partial charge is 0.338 e. The van der Waals surface area contributed by atoms with Gasteiger partial charge >= 0.3 is 5.97 Å². The lowest BCUT2D eigenvalue weighted by Crippen LogP contribution is -2.20. The van der Waals surface area contributed by atoms with E-state index in [1.165, 1.54) is 6.33 Å². The van der Waals surface area contributed by atoms with Crippen molar-refractivity contribution in [1.82, 2.24) is 19.5 Å². The Bertz CT molecular complexity index is 948. The Hall–Kier alpha value is -2.75. The first-order valence-corrected chi connectivity index (χ1v) is 8.14. The fourth-order valence-electron chi connectivity index (χ4n) is 2.59. The van der Waals surface area contributed by atoms with Gasteiger partial charge in [-0.1, -0.05) is 29.8 Å². The van der Waals surface area contributed by atoms with Gasteiger partial charge in [-0.25, -0.2) is 9.78 Å². The van der Waals surface area contributed by atoms with Gasteiger partial charge in [0.25, 0.3) is 0 Å². The highest BCUT2D eigenvalue weighted by Gasteiger charge is 2.30. The van der Waals surface area contributed by atoms with Gasteiger partial charge in [-0.05, 0) is 12.1 Å². The van der Waals surface area contributed by atoms with Crippen molar-refractivity contribution in [1.29, 1.82) is 0 Å². The molecule has 2 N–H and O–H groups in total. The summed E-state index contributed by atoms with van der Waals surface area (Å²) in [5.74, 6) is -0.405. The van der Waals surface area contributed by atoms with E-state index in [4.69, 9.17) is 31.5 Å². The molecule has 3 aromatic rings. The monoisotopic (exact) mass is 375 g/mol. The van der Waals surface area contributed by atoms with Crippen LogP contribution in [0.5, 0.6) is 0 Å². The quantitative estimate of drug-likeness (QED) is 0.542. The fraction of sp³-hybridized carbons (Fsp3) is 0.250.